The van der Waals surface area contributed by atoms with Crippen LogP contribution in [0.25, 0.3) is 0 Å². The second kappa shape index (κ2) is 13.9. The summed E-state index contributed by atoms with van der Waals surface area (Å²) in [6, 6.07) is 17.3. The molecular weight excluding hydrogens is 384 g/mol. The van der Waals surface area contributed by atoms with Gasteiger partial charge >= 0.3 is 0 Å². The van der Waals surface area contributed by atoms with Gasteiger partial charge in [0.2, 0.25) is 0 Å². The van der Waals surface area contributed by atoms with Crippen molar-refractivity contribution in [3.05, 3.63) is 70.8 Å². The Labute approximate surface area is 197 Å². The standard InChI is InChI=1S/C32H40/c1-3-5-7-8-9-10-12-28-19-23-31(24-20-28)32-25-21-30(22-26-32)18-17-29-15-13-27(14-16-29)11-6-4-2/h13-16,21-22,25-26,28,31H,3-5,7-10,12,19-20,23-24H2,1-2H3/t28-,31-. The third kappa shape index (κ3) is 8.24. The Balaban J connectivity index is 1.43. The normalized spacial score (nSPS) is 17.7. The van der Waals surface area contributed by atoms with E-state index >= 15 is 0 Å². The maximum absolute atomic E-state index is 3.32. The molecule has 0 atom stereocenters. The van der Waals surface area contributed by atoms with Gasteiger partial charge in [-0.3, -0.25) is 0 Å². The van der Waals surface area contributed by atoms with Gasteiger partial charge in [-0.1, -0.05) is 94.6 Å². The van der Waals surface area contributed by atoms with Crippen LogP contribution >= 0.6 is 0 Å². The van der Waals surface area contributed by atoms with E-state index in [4.69, 9.17) is 0 Å². The molecule has 1 fully saturated rings. The number of benzene rings is 2. The van der Waals surface area contributed by atoms with Crippen LogP contribution in [0.2, 0.25) is 0 Å². The first-order valence-electron chi connectivity index (χ1n) is 13.0. The minimum Gasteiger partial charge on any atom is -0.0982 e. The SMILES string of the molecule is CCC#Cc1ccc(C#Cc2ccc([C@H]3CC[C@H](CCCCCCCC)CC3)cc2)cc1. The van der Waals surface area contributed by atoms with Gasteiger partial charge in [0.05, 0.1) is 0 Å². The van der Waals surface area contributed by atoms with E-state index in [1.165, 1.54) is 76.2 Å². The number of unbranched alkanes of at least 4 members (excludes halogenated alkanes) is 5. The summed E-state index contributed by atoms with van der Waals surface area (Å²) in [6.07, 6.45) is 16.4. The van der Waals surface area contributed by atoms with E-state index in [9.17, 15) is 0 Å². The molecule has 1 saturated carbocycles. The molecule has 0 spiro atoms. The Morgan fingerprint density at radius 1 is 0.625 bits per heavy atom. The summed E-state index contributed by atoms with van der Waals surface area (Å²) in [4.78, 5) is 0. The van der Waals surface area contributed by atoms with Crippen LogP contribution in [0.1, 0.15) is 119 Å². The largest absolute Gasteiger partial charge is 0.0982 e. The van der Waals surface area contributed by atoms with Crippen LogP contribution in [0, 0.1) is 29.6 Å². The van der Waals surface area contributed by atoms with E-state index < -0.39 is 0 Å². The molecule has 0 aliphatic heterocycles. The summed E-state index contributed by atoms with van der Waals surface area (Å²) in [7, 11) is 0. The van der Waals surface area contributed by atoms with E-state index in [-0.39, 0.29) is 0 Å². The Bertz CT molecular complexity index is 900. The lowest BCUT2D eigenvalue weighted by atomic mass is 9.77. The van der Waals surface area contributed by atoms with E-state index in [0.29, 0.717) is 0 Å². The van der Waals surface area contributed by atoms with Crippen LogP contribution in [-0.4, -0.2) is 0 Å². The predicted molar refractivity (Wildman–Crippen MR) is 139 cm³/mol. The highest BCUT2D eigenvalue weighted by atomic mass is 14.3. The van der Waals surface area contributed by atoms with Crippen molar-refractivity contribution >= 4 is 0 Å². The Hall–Kier alpha value is -2.44. The third-order valence-electron chi connectivity index (χ3n) is 6.84. The molecule has 168 valence electrons. The van der Waals surface area contributed by atoms with Crippen molar-refractivity contribution < 1.29 is 0 Å². The molecule has 0 amide bonds. The summed E-state index contributed by atoms with van der Waals surface area (Å²) in [5, 5.41) is 0. The molecule has 0 bridgehead atoms. The molecule has 0 heteroatoms. The van der Waals surface area contributed by atoms with Gasteiger partial charge in [-0.25, -0.2) is 0 Å². The summed E-state index contributed by atoms with van der Waals surface area (Å²) >= 11 is 0. The van der Waals surface area contributed by atoms with Crippen LogP contribution in [0.4, 0.5) is 0 Å². The minimum atomic E-state index is 0.745. The van der Waals surface area contributed by atoms with Crippen LogP contribution in [0.5, 0.6) is 0 Å². The first kappa shape index (κ1) is 24.2. The second-order valence-electron chi connectivity index (χ2n) is 9.38. The highest BCUT2D eigenvalue weighted by Gasteiger charge is 2.21. The van der Waals surface area contributed by atoms with Crippen LogP contribution in [0.15, 0.2) is 48.5 Å². The maximum atomic E-state index is 3.32. The molecule has 0 saturated heterocycles. The lowest BCUT2D eigenvalue weighted by Gasteiger charge is -2.29. The first-order valence-corrected chi connectivity index (χ1v) is 13.0. The topological polar surface area (TPSA) is 0 Å². The molecule has 0 radical (unpaired) electrons. The van der Waals surface area contributed by atoms with Gasteiger partial charge in [-0.05, 0) is 79.5 Å². The van der Waals surface area contributed by atoms with Crippen LogP contribution in [0.3, 0.4) is 0 Å². The number of rotatable bonds is 8. The van der Waals surface area contributed by atoms with Gasteiger partial charge < -0.3 is 0 Å². The lowest BCUT2D eigenvalue weighted by molar-refractivity contribution is 0.302. The van der Waals surface area contributed by atoms with Gasteiger partial charge in [0.15, 0.2) is 0 Å². The molecule has 0 nitrogen and oxygen atoms in total. The maximum Gasteiger partial charge on any atom is 0.0249 e. The van der Waals surface area contributed by atoms with Crippen molar-refractivity contribution in [1.82, 2.24) is 0 Å². The zero-order valence-corrected chi connectivity index (χ0v) is 20.3. The number of hydrogen-bond donors (Lipinski definition) is 0. The highest BCUT2D eigenvalue weighted by Crippen LogP contribution is 2.37. The van der Waals surface area contributed by atoms with Crippen molar-refractivity contribution in [3.63, 3.8) is 0 Å². The lowest BCUT2D eigenvalue weighted by Crippen LogP contribution is -2.13. The minimum absolute atomic E-state index is 0.745. The van der Waals surface area contributed by atoms with Gasteiger partial charge in [0.1, 0.15) is 0 Å². The molecule has 32 heavy (non-hydrogen) atoms. The van der Waals surface area contributed by atoms with E-state index in [2.05, 4.69) is 86.1 Å². The summed E-state index contributed by atoms with van der Waals surface area (Å²) < 4.78 is 0. The highest BCUT2D eigenvalue weighted by molar-refractivity contribution is 5.46. The van der Waals surface area contributed by atoms with Gasteiger partial charge in [-0.2, -0.15) is 0 Å². The van der Waals surface area contributed by atoms with Crippen LogP contribution in [-0.2, 0) is 0 Å². The molecule has 1 aliphatic rings. The van der Waals surface area contributed by atoms with Gasteiger partial charge in [0.25, 0.3) is 0 Å². The Morgan fingerprint density at radius 3 is 1.75 bits per heavy atom. The van der Waals surface area contributed by atoms with Crippen molar-refractivity contribution in [1.29, 1.82) is 0 Å². The molecule has 2 aromatic rings. The molecule has 0 unspecified atom stereocenters. The van der Waals surface area contributed by atoms with E-state index in [1.54, 1.807) is 0 Å². The first-order chi connectivity index (χ1) is 15.8. The van der Waals surface area contributed by atoms with Crippen molar-refractivity contribution in [2.45, 2.75) is 96.8 Å². The third-order valence-corrected chi connectivity index (χ3v) is 6.84. The fraction of sp³-hybridized carbons (Fsp3) is 0.500. The quantitative estimate of drug-likeness (QED) is 0.293. The van der Waals surface area contributed by atoms with Crippen molar-refractivity contribution in [2.24, 2.45) is 5.92 Å². The predicted octanol–water partition coefficient (Wildman–Crippen LogP) is 8.87. The Morgan fingerprint density at radius 2 is 1.16 bits per heavy atom. The molecule has 0 N–H and O–H groups in total. The van der Waals surface area contributed by atoms with Gasteiger partial charge in [0, 0.05) is 23.1 Å². The average Bonchev–Trinajstić information content (AvgIpc) is 2.85. The van der Waals surface area contributed by atoms with Crippen molar-refractivity contribution in [3.8, 4) is 23.7 Å². The van der Waals surface area contributed by atoms with Crippen LogP contribution < -0.4 is 0 Å². The molecule has 2 aromatic carbocycles. The fourth-order valence-corrected chi connectivity index (χ4v) is 4.81. The molecule has 3 rings (SSSR count). The zero-order valence-electron chi connectivity index (χ0n) is 20.3. The zero-order chi connectivity index (χ0) is 22.4. The molecule has 1 aliphatic carbocycles. The van der Waals surface area contributed by atoms with E-state index in [1.807, 2.05) is 0 Å². The summed E-state index contributed by atoms with van der Waals surface area (Å²) in [5.74, 6) is 14.6. The average molecular weight is 425 g/mol. The fourth-order valence-electron chi connectivity index (χ4n) is 4.81. The van der Waals surface area contributed by atoms with Gasteiger partial charge in [-0.15, -0.1) is 0 Å². The molecule has 0 aromatic heterocycles. The second-order valence-corrected chi connectivity index (χ2v) is 9.38. The van der Waals surface area contributed by atoms with E-state index in [0.717, 1.165) is 34.9 Å². The number of hydrogen-bond acceptors (Lipinski definition) is 0. The molecule has 0 heterocycles. The monoisotopic (exact) mass is 424 g/mol. The smallest absolute Gasteiger partial charge is 0.0249 e. The van der Waals surface area contributed by atoms with Crippen molar-refractivity contribution in [2.75, 3.05) is 0 Å². The Kier molecular flexibility index (Phi) is 10.5. The summed E-state index contributed by atoms with van der Waals surface area (Å²) in [6.45, 7) is 4.37. The summed E-state index contributed by atoms with van der Waals surface area (Å²) in [5.41, 5.74) is 4.70. The molecular formula is C32H40.